The summed E-state index contributed by atoms with van der Waals surface area (Å²) in [5, 5.41) is 16.5. The molecule has 0 aliphatic carbocycles. The minimum absolute atomic E-state index is 0.0458. The van der Waals surface area contributed by atoms with Gasteiger partial charge in [0.25, 0.3) is 5.91 Å². The number of hydrogen-bond donors (Lipinski definition) is 2. The minimum Gasteiger partial charge on any atom is -0.419 e. The molecular weight excluding hydrogens is 488 g/mol. The van der Waals surface area contributed by atoms with Crippen LogP contribution in [0.5, 0.6) is 0 Å². The summed E-state index contributed by atoms with van der Waals surface area (Å²) >= 11 is 0. The number of carbonyl (C=O) groups excluding carboxylic acids is 1. The molecule has 1 aliphatic heterocycles. The van der Waals surface area contributed by atoms with E-state index in [-0.39, 0.29) is 23.4 Å². The number of aromatic nitrogens is 2. The van der Waals surface area contributed by atoms with Gasteiger partial charge in [-0.3, -0.25) is 20.6 Å². The fourth-order valence-electron chi connectivity index (χ4n) is 4.46. The molecule has 1 fully saturated rings. The van der Waals surface area contributed by atoms with Gasteiger partial charge in [-0.15, -0.1) is 0 Å². The molecule has 2 aromatic carbocycles. The Morgan fingerprint density at radius 3 is 2.33 bits per heavy atom. The molecule has 0 unspecified atom stereocenters. The molecule has 0 radical (unpaired) electrons. The summed E-state index contributed by atoms with van der Waals surface area (Å²) in [5.74, 6) is -0.314. The molecule has 1 saturated heterocycles. The highest BCUT2D eigenvalue weighted by Crippen LogP contribution is 2.21. The summed E-state index contributed by atoms with van der Waals surface area (Å²) < 4.78 is 5.47. The molecule has 1 aromatic heterocycles. The standard InChI is InChI=1S/C31H38N6O2/c1-22-27(29(33)39-28(32)24-9-6-5-7-10-24)35-26(21-34-22)23-11-13-25(14-12-23)30(38)37-17-8-16-36(19-20-37)18-15-31(2,3)4/h5-7,9-14,21,32-33H,8,15-20H2,1-4H3. The Balaban J connectivity index is 1.41. The van der Waals surface area contributed by atoms with Crippen LogP contribution >= 0.6 is 0 Å². The molecule has 0 spiro atoms. The van der Waals surface area contributed by atoms with E-state index in [1.807, 2.05) is 47.4 Å². The van der Waals surface area contributed by atoms with Crippen molar-refractivity contribution in [3.63, 3.8) is 0 Å². The van der Waals surface area contributed by atoms with Crippen LogP contribution in [0.4, 0.5) is 0 Å². The first kappa shape index (κ1) is 28.1. The van der Waals surface area contributed by atoms with Crippen LogP contribution in [0.3, 0.4) is 0 Å². The second-order valence-corrected chi connectivity index (χ2v) is 11.2. The van der Waals surface area contributed by atoms with Crippen molar-refractivity contribution in [2.24, 2.45) is 5.41 Å². The monoisotopic (exact) mass is 526 g/mol. The Labute approximate surface area is 231 Å². The van der Waals surface area contributed by atoms with Crippen LogP contribution in [0, 0.1) is 23.2 Å². The van der Waals surface area contributed by atoms with E-state index in [2.05, 4.69) is 35.6 Å². The number of nitrogens with zero attached hydrogens (tertiary/aromatic N) is 4. The lowest BCUT2D eigenvalue weighted by atomic mass is 9.92. The maximum absolute atomic E-state index is 13.2. The molecule has 2 heterocycles. The van der Waals surface area contributed by atoms with Crippen LogP contribution in [-0.2, 0) is 4.74 Å². The lowest BCUT2D eigenvalue weighted by molar-refractivity contribution is 0.0760. The summed E-state index contributed by atoms with van der Waals surface area (Å²) in [5.41, 5.74) is 3.70. The van der Waals surface area contributed by atoms with Gasteiger partial charge in [0.2, 0.25) is 11.8 Å². The van der Waals surface area contributed by atoms with Crippen LogP contribution in [0.15, 0.2) is 60.8 Å². The van der Waals surface area contributed by atoms with E-state index in [1.165, 1.54) is 0 Å². The quantitative estimate of drug-likeness (QED) is 0.330. The Kier molecular flexibility index (Phi) is 8.86. The maximum atomic E-state index is 13.2. The van der Waals surface area contributed by atoms with Crippen LogP contribution in [0.2, 0.25) is 0 Å². The molecule has 8 heteroatoms. The van der Waals surface area contributed by atoms with Gasteiger partial charge in [0.15, 0.2) is 0 Å². The topological polar surface area (TPSA) is 106 Å². The third kappa shape index (κ3) is 7.57. The van der Waals surface area contributed by atoms with Gasteiger partial charge >= 0.3 is 0 Å². The first-order chi connectivity index (χ1) is 18.6. The van der Waals surface area contributed by atoms with Gasteiger partial charge in [0.05, 0.1) is 17.6 Å². The van der Waals surface area contributed by atoms with E-state index in [4.69, 9.17) is 15.6 Å². The van der Waals surface area contributed by atoms with Gasteiger partial charge in [0, 0.05) is 36.3 Å². The van der Waals surface area contributed by atoms with Gasteiger partial charge in [-0.25, -0.2) is 4.98 Å². The molecule has 0 bridgehead atoms. The van der Waals surface area contributed by atoms with Crippen molar-refractivity contribution in [3.8, 4) is 11.3 Å². The third-order valence-corrected chi connectivity index (χ3v) is 6.89. The van der Waals surface area contributed by atoms with Crippen molar-refractivity contribution < 1.29 is 9.53 Å². The second-order valence-electron chi connectivity index (χ2n) is 11.2. The average molecular weight is 527 g/mol. The maximum Gasteiger partial charge on any atom is 0.253 e. The number of rotatable bonds is 6. The van der Waals surface area contributed by atoms with Gasteiger partial charge in [-0.1, -0.05) is 51.1 Å². The van der Waals surface area contributed by atoms with E-state index in [9.17, 15) is 4.79 Å². The Morgan fingerprint density at radius 1 is 0.923 bits per heavy atom. The Hall–Kier alpha value is -3.91. The van der Waals surface area contributed by atoms with Crippen molar-refractivity contribution in [2.45, 2.75) is 40.5 Å². The molecule has 204 valence electrons. The van der Waals surface area contributed by atoms with E-state index < -0.39 is 0 Å². The second kappa shape index (κ2) is 12.3. The summed E-state index contributed by atoms with van der Waals surface area (Å²) in [6, 6.07) is 16.4. The van der Waals surface area contributed by atoms with Crippen molar-refractivity contribution in [1.82, 2.24) is 19.8 Å². The van der Waals surface area contributed by atoms with Crippen molar-refractivity contribution in [1.29, 1.82) is 10.8 Å². The van der Waals surface area contributed by atoms with Crippen molar-refractivity contribution in [2.75, 3.05) is 32.7 Å². The Bertz CT molecular complexity index is 1320. The lowest BCUT2D eigenvalue weighted by Crippen LogP contribution is -2.35. The number of nitrogens with one attached hydrogen (secondary N) is 2. The molecular formula is C31H38N6O2. The van der Waals surface area contributed by atoms with Gasteiger partial charge < -0.3 is 14.5 Å². The summed E-state index contributed by atoms with van der Waals surface area (Å²) in [7, 11) is 0. The predicted octanol–water partition coefficient (Wildman–Crippen LogP) is 5.40. The van der Waals surface area contributed by atoms with Gasteiger partial charge in [-0.2, -0.15) is 0 Å². The zero-order valence-electron chi connectivity index (χ0n) is 23.3. The third-order valence-electron chi connectivity index (χ3n) is 6.89. The molecule has 0 atom stereocenters. The highest BCUT2D eigenvalue weighted by molar-refractivity contribution is 6.04. The van der Waals surface area contributed by atoms with Crippen LogP contribution in [-0.4, -0.2) is 70.2 Å². The summed E-state index contributed by atoms with van der Waals surface area (Å²) in [4.78, 5) is 26.7. The molecule has 39 heavy (non-hydrogen) atoms. The van der Waals surface area contributed by atoms with Crippen LogP contribution in [0.25, 0.3) is 11.3 Å². The van der Waals surface area contributed by atoms with E-state index in [0.29, 0.717) is 27.9 Å². The van der Waals surface area contributed by atoms with E-state index in [0.717, 1.165) is 51.1 Å². The highest BCUT2D eigenvalue weighted by atomic mass is 16.5. The van der Waals surface area contributed by atoms with Crippen LogP contribution in [0.1, 0.15) is 60.9 Å². The largest absolute Gasteiger partial charge is 0.419 e. The smallest absolute Gasteiger partial charge is 0.253 e. The zero-order chi connectivity index (χ0) is 28.0. The average Bonchev–Trinajstić information content (AvgIpc) is 3.18. The predicted molar refractivity (Wildman–Crippen MR) is 154 cm³/mol. The Morgan fingerprint density at radius 2 is 1.64 bits per heavy atom. The number of hydrogen-bond acceptors (Lipinski definition) is 7. The minimum atomic E-state index is -0.236. The number of aryl methyl sites for hydroxylation is 1. The molecule has 1 aliphatic rings. The lowest BCUT2D eigenvalue weighted by Gasteiger charge is -2.25. The number of ether oxygens (including phenoxy) is 1. The fourth-order valence-corrected chi connectivity index (χ4v) is 4.46. The van der Waals surface area contributed by atoms with Gasteiger partial charge in [0.1, 0.15) is 5.69 Å². The van der Waals surface area contributed by atoms with E-state index >= 15 is 0 Å². The zero-order valence-corrected chi connectivity index (χ0v) is 23.3. The first-order valence-corrected chi connectivity index (χ1v) is 13.5. The SMILES string of the molecule is Cc1ncc(-c2ccc(C(=O)N3CCCN(CCC(C)(C)C)CC3)cc2)nc1C(=N)OC(=N)c1ccccc1. The summed E-state index contributed by atoms with van der Waals surface area (Å²) in [6.45, 7) is 13.0. The van der Waals surface area contributed by atoms with Crippen LogP contribution < -0.4 is 0 Å². The summed E-state index contributed by atoms with van der Waals surface area (Å²) in [6.07, 6.45) is 3.77. The highest BCUT2D eigenvalue weighted by Gasteiger charge is 2.22. The van der Waals surface area contributed by atoms with Crippen molar-refractivity contribution >= 4 is 17.7 Å². The first-order valence-electron chi connectivity index (χ1n) is 13.5. The number of benzene rings is 2. The normalized spacial score (nSPS) is 14.5. The van der Waals surface area contributed by atoms with Gasteiger partial charge in [-0.05, 0) is 62.5 Å². The molecule has 4 rings (SSSR count). The molecule has 0 saturated carbocycles. The molecule has 8 nitrogen and oxygen atoms in total. The van der Waals surface area contributed by atoms with E-state index in [1.54, 1.807) is 25.3 Å². The number of carbonyl (C=O) groups is 1. The molecule has 1 amide bonds. The molecule has 3 aromatic rings. The fraction of sp³-hybridized carbons (Fsp3) is 0.387. The molecule has 2 N–H and O–H groups in total. The van der Waals surface area contributed by atoms with Crippen molar-refractivity contribution in [3.05, 3.63) is 83.3 Å². The number of amides is 1.